The number of aromatic nitrogens is 1. The minimum absolute atomic E-state index is 0.199. The van der Waals surface area contributed by atoms with Gasteiger partial charge in [0.1, 0.15) is 23.9 Å². The molecule has 1 heterocycles. The Morgan fingerprint density at radius 1 is 1.15 bits per heavy atom. The molecule has 0 bridgehead atoms. The monoisotopic (exact) mass is 271 g/mol. The zero-order valence-electron chi connectivity index (χ0n) is 11.0. The maximum Gasteiger partial charge on any atom is 0.147 e. The largest absolute Gasteiger partial charge is 0.508 e. The number of nitrogens with zero attached hydrogens (tertiary/aromatic N) is 1. The van der Waals surface area contributed by atoms with Gasteiger partial charge in [0, 0.05) is 24.2 Å². The molecule has 0 unspecified atom stereocenters. The molecule has 3 nitrogen and oxygen atoms in total. The lowest BCUT2D eigenvalue weighted by molar-refractivity contribution is 0.307. The number of halogens is 1. The van der Waals surface area contributed by atoms with E-state index in [1.54, 1.807) is 34.9 Å². The van der Waals surface area contributed by atoms with Crippen LogP contribution in [0.3, 0.4) is 0 Å². The number of rotatable bonds is 3. The lowest BCUT2D eigenvalue weighted by Crippen LogP contribution is -1.94. The smallest absolute Gasteiger partial charge is 0.147 e. The molecule has 3 aromatic rings. The number of ether oxygens (including phenoxy) is 1. The lowest BCUT2D eigenvalue weighted by atomic mass is 10.2. The first kappa shape index (κ1) is 12.5. The molecule has 20 heavy (non-hydrogen) atoms. The highest BCUT2D eigenvalue weighted by atomic mass is 19.1. The topological polar surface area (TPSA) is 34.4 Å². The minimum atomic E-state index is -0.235. The molecule has 4 heteroatoms. The second-order valence-corrected chi connectivity index (χ2v) is 4.68. The fraction of sp³-hybridized carbons (Fsp3) is 0.125. The molecule has 0 amide bonds. The number of phenolic OH excluding ortho intramolecular Hbond substituents is 1. The van der Waals surface area contributed by atoms with Crippen LogP contribution in [0.25, 0.3) is 10.9 Å². The van der Waals surface area contributed by atoms with E-state index in [1.165, 1.54) is 6.07 Å². The molecule has 0 fully saturated rings. The van der Waals surface area contributed by atoms with E-state index >= 15 is 0 Å². The molecule has 1 aromatic heterocycles. The van der Waals surface area contributed by atoms with Crippen molar-refractivity contribution in [3.8, 4) is 11.5 Å². The van der Waals surface area contributed by atoms with Crippen LogP contribution in [0.5, 0.6) is 11.5 Å². The third-order valence-corrected chi connectivity index (χ3v) is 3.27. The fourth-order valence-electron chi connectivity index (χ4n) is 2.32. The van der Waals surface area contributed by atoms with Gasteiger partial charge in [-0.1, -0.05) is 12.1 Å². The van der Waals surface area contributed by atoms with Gasteiger partial charge in [-0.2, -0.15) is 0 Å². The van der Waals surface area contributed by atoms with Gasteiger partial charge in [0.15, 0.2) is 0 Å². The summed E-state index contributed by atoms with van der Waals surface area (Å²) in [5, 5.41) is 10.1. The van der Waals surface area contributed by atoms with E-state index in [1.807, 2.05) is 19.3 Å². The van der Waals surface area contributed by atoms with Gasteiger partial charge in [0.2, 0.25) is 0 Å². The summed E-state index contributed by atoms with van der Waals surface area (Å²) in [6, 6.07) is 11.6. The normalized spacial score (nSPS) is 10.9. The van der Waals surface area contributed by atoms with E-state index in [-0.39, 0.29) is 11.6 Å². The van der Waals surface area contributed by atoms with Gasteiger partial charge in [-0.3, -0.25) is 0 Å². The molecule has 0 saturated carbocycles. The Morgan fingerprint density at radius 3 is 2.65 bits per heavy atom. The average Bonchev–Trinajstić information content (AvgIpc) is 2.76. The van der Waals surface area contributed by atoms with Gasteiger partial charge in [-0.15, -0.1) is 0 Å². The summed E-state index contributed by atoms with van der Waals surface area (Å²) in [5.74, 6) is 0.627. The lowest BCUT2D eigenvalue weighted by Gasteiger charge is -2.05. The first-order chi connectivity index (χ1) is 9.65. The van der Waals surface area contributed by atoms with Crippen molar-refractivity contribution >= 4 is 10.9 Å². The van der Waals surface area contributed by atoms with Gasteiger partial charge in [0.05, 0.1) is 5.52 Å². The average molecular weight is 271 g/mol. The maximum atomic E-state index is 13.8. The standard InChI is InChI=1S/C16H14FNO2/c1-18-9-11(14-3-2-4-15(17)16(14)18)10-20-13-7-5-12(19)6-8-13/h2-9,19H,10H2,1H3. The van der Waals surface area contributed by atoms with E-state index in [0.29, 0.717) is 17.9 Å². The van der Waals surface area contributed by atoms with Crippen molar-refractivity contribution in [3.05, 3.63) is 60.0 Å². The Balaban J connectivity index is 1.88. The molecule has 1 N–H and O–H groups in total. The van der Waals surface area contributed by atoms with Crippen LogP contribution < -0.4 is 4.74 Å². The summed E-state index contributed by atoms with van der Waals surface area (Å²) in [5.41, 5.74) is 1.51. The summed E-state index contributed by atoms with van der Waals surface area (Å²) in [6.07, 6.45) is 1.87. The fourth-order valence-corrected chi connectivity index (χ4v) is 2.32. The van der Waals surface area contributed by atoms with Crippen LogP contribution >= 0.6 is 0 Å². The number of benzene rings is 2. The van der Waals surface area contributed by atoms with E-state index in [2.05, 4.69) is 0 Å². The highest BCUT2D eigenvalue weighted by Gasteiger charge is 2.10. The molecular formula is C16H14FNO2. The van der Waals surface area contributed by atoms with Crippen LogP contribution in [-0.2, 0) is 13.7 Å². The molecule has 0 aliphatic carbocycles. The van der Waals surface area contributed by atoms with E-state index in [9.17, 15) is 9.50 Å². The first-order valence-electron chi connectivity index (χ1n) is 6.29. The number of phenols is 1. The van der Waals surface area contributed by atoms with Crippen molar-refractivity contribution in [3.63, 3.8) is 0 Å². The molecule has 0 spiro atoms. The molecular weight excluding hydrogens is 257 g/mol. The van der Waals surface area contributed by atoms with Crippen LogP contribution in [0.15, 0.2) is 48.7 Å². The number of hydrogen-bond donors (Lipinski definition) is 1. The van der Waals surface area contributed by atoms with Crippen LogP contribution in [-0.4, -0.2) is 9.67 Å². The molecule has 0 aliphatic rings. The van der Waals surface area contributed by atoms with Crippen molar-refractivity contribution in [2.45, 2.75) is 6.61 Å². The predicted octanol–water partition coefficient (Wildman–Crippen LogP) is 3.60. The highest BCUT2D eigenvalue weighted by Crippen LogP contribution is 2.25. The van der Waals surface area contributed by atoms with Crippen LogP contribution in [0, 0.1) is 5.82 Å². The quantitative estimate of drug-likeness (QED) is 0.789. The summed E-state index contributed by atoms with van der Waals surface area (Å²) in [7, 11) is 1.81. The Kier molecular flexibility index (Phi) is 3.06. The van der Waals surface area contributed by atoms with Gasteiger partial charge in [-0.25, -0.2) is 4.39 Å². The number of hydrogen-bond acceptors (Lipinski definition) is 2. The van der Waals surface area contributed by atoms with Crippen LogP contribution in [0.1, 0.15) is 5.56 Å². The van der Waals surface area contributed by atoms with Gasteiger partial charge < -0.3 is 14.4 Å². The second-order valence-electron chi connectivity index (χ2n) is 4.68. The predicted molar refractivity (Wildman–Crippen MR) is 75.3 cm³/mol. The number of aryl methyl sites for hydroxylation is 1. The molecule has 0 atom stereocenters. The summed E-state index contributed by atoms with van der Waals surface area (Å²) < 4.78 is 21.2. The zero-order valence-corrected chi connectivity index (χ0v) is 11.0. The second kappa shape index (κ2) is 4.89. The SMILES string of the molecule is Cn1cc(COc2ccc(O)cc2)c2cccc(F)c21. The molecule has 0 aliphatic heterocycles. The summed E-state index contributed by atoms with van der Waals surface area (Å²) >= 11 is 0. The van der Waals surface area contributed by atoms with Crippen LogP contribution in [0.2, 0.25) is 0 Å². The number of aromatic hydroxyl groups is 1. The third-order valence-electron chi connectivity index (χ3n) is 3.27. The van der Waals surface area contributed by atoms with Crippen molar-refractivity contribution in [1.29, 1.82) is 0 Å². The Hall–Kier alpha value is -2.49. The van der Waals surface area contributed by atoms with Crippen LogP contribution in [0.4, 0.5) is 4.39 Å². The Morgan fingerprint density at radius 2 is 1.90 bits per heavy atom. The molecule has 2 aromatic carbocycles. The van der Waals surface area contributed by atoms with Gasteiger partial charge >= 0.3 is 0 Å². The first-order valence-corrected chi connectivity index (χ1v) is 6.29. The number of para-hydroxylation sites is 1. The van der Waals surface area contributed by atoms with Crippen molar-refractivity contribution in [1.82, 2.24) is 4.57 Å². The van der Waals surface area contributed by atoms with E-state index < -0.39 is 0 Å². The van der Waals surface area contributed by atoms with Gasteiger partial charge in [-0.05, 0) is 30.3 Å². The molecule has 102 valence electrons. The Labute approximate surface area is 115 Å². The molecule has 0 radical (unpaired) electrons. The highest BCUT2D eigenvalue weighted by molar-refractivity contribution is 5.84. The number of fused-ring (bicyclic) bond motifs is 1. The van der Waals surface area contributed by atoms with Crippen molar-refractivity contribution in [2.24, 2.45) is 7.05 Å². The zero-order chi connectivity index (χ0) is 14.1. The Bertz CT molecular complexity index is 747. The van der Waals surface area contributed by atoms with Gasteiger partial charge in [0.25, 0.3) is 0 Å². The van der Waals surface area contributed by atoms with E-state index in [0.717, 1.165) is 10.9 Å². The minimum Gasteiger partial charge on any atom is -0.508 e. The van der Waals surface area contributed by atoms with Crippen molar-refractivity contribution < 1.29 is 14.2 Å². The van der Waals surface area contributed by atoms with E-state index in [4.69, 9.17) is 4.74 Å². The molecule has 3 rings (SSSR count). The third kappa shape index (κ3) is 2.20. The maximum absolute atomic E-state index is 13.8. The molecule has 0 saturated heterocycles. The summed E-state index contributed by atoms with van der Waals surface area (Å²) in [4.78, 5) is 0. The summed E-state index contributed by atoms with van der Waals surface area (Å²) in [6.45, 7) is 0.353. The van der Waals surface area contributed by atoms with Crippen molar-refractivity contribution in [2.75, 3.05) is 0 Å².